The Morgan fingerprint density at radius 1 is 1.38 bits per heavy atom. The summed E-state index contributed by atoms with van der Waals surface area (Å²) in [6, 6.07) is 4.27. The van der Waals surface area contributed by atoms with Gasteiger partial charge in [0, 0.05) is 34.3 Å². The van der Waals surface area contributed by atoms with E-state index in [1.54, 1.807) is 11.3 Å². The lowest BCUT2D eigenvalue weighted by Crippen LogP contribution is -1.95. The van der Waals surface area contributed by atoms with E-state index in [-0.39, 0.29) is 0 Å². The van der Waals surface area contributed by atoms with Crippen molar-refractivity contribution in [3.05, 3.63) is 35.0 Å². The fraction of sp³-hybridized carbons (Fsp3) is 0.200. The minimum atomic E-state index is 0.593. The molecule has 0 bridgehead atoms. The molecule has 0 saturated heterocycles. The van der Waals surface area contributed by atoms with Crippen LogP contribution in [-0.4, -0.2) is 4.98 Å². The number of rotatable bonds is 2. The van der Waals surface area contributed by atoms with Gasteiger partial charge in [-0.05, 0) is 24.6 Å². The minimum Gasteiger partial charge on any atom is -0.367 e. The number of hydrogen-bond donors (Lipinski definition) is 2. The van der Waals surface area contributed by atoms with Crippen molar-refractivity contribution < 1.29 is 0 Å². The highest BCUT2D eigenvalue weighted by molar-refractivity contribution is 7.15. The highest BCUT2D eigenvalue weighted by Crippen LogP contribution is 2.29. The first-order valence-corrected chi connectivity index (χ1v) is 5.05. The van der Waals surface area contributed by atoms with E-state index < -0.39 is 0 Å². The first kappa shape index (κ1) is 8.53. The minimum absolute atomic E-state index is 0.593. The zero-order valence-electron chi connectivity index (χ0n) is 7.50. The van der Waals surface area contributed by atoms with Crippen LogP contribution in [0.1, 0.15) is 10.4 Å². The Morgan fingerprint density at radius 2 is 2.23 bits per heavy atom. The third-order valence-corrected chi connectivity index (χ3v) is 3.09. The zero-order valence-corrected chi connectivity index (χ0v) is 8.32. The third-order valence-electron chi connectivity index (χ3n) is 2.06. The molecular weight excluding hydrogens is 180 g/mol. The van der Waals surface area contributed by atoms with Crippen LogP contribution < -0.4 is 5.73 Å². The van der Waals surface area contributed by atoms with Gasteiger partial charge in [0.25, 0.3) is 0 Å². The average Bonchev–Trinajstić information content (AvgIpc) is 2.71. The second-order valence-corrected chi connectivity index (χ2v) is 4.30. The van der Waals surface area contributed by atoms with E-state index in [4.69, 9.17) is 5.73 Å². The Bertz CT molecular complexity index is 400. The number of nitrogens with two attached hydrogens (primary N) is 1. The van der Waals surface area contributed by atoms with Crippen LogP contribution in [0.3, 0.4) is 0 Å². The number of hydrogen-bond acceptors (Lipinski definition) is 2. The summed E-state index contributed by atoms with van der Waals surface area (Å²) in [7, 11) is 0. The highest BCUT2D eigenvalue weighted by Gasteiger charge is 2.05. The molecule has 3 N–H and O–H groups in total. The summed E-state index contributed by atoms with van der Waals surface area (Å²) in [5, 5.41) is 0. The van der Waals surface area contributed by atoms with Gasteiger partial charge in [-0.1, -0.05) is 0 Å². The predicted octanol–water partition coefficient (Wildman–Crippen LogP) is 2.51. The van der Waals surface area contributed by atoms with Crippen LogP contribution in [0.15, 0.2) is 24.5 Å². The van der Waals surface area contributed by atoms with Crippen molar-refractivity contribution in [1.82, 2.24) is 4.98 Å². The topological polar surface area (TPSA) is 41.8 Å². The molecule has 0 fully saturated rings. The number of thiophene rings is 1. The van der Waals surface area contributed by atoms with Crippen molar-refractivity contribution in [3.8, 4) is 10.4 Å². The van der Waals surface area contributed by atoms with Gasteiger partial charge in [-0.15, -0.1) is 11.3 Å². The molecule has 2 heterocycles. The Hall–Kier alpha value is -1.06. The van der Waals surface area contributed by atoms with Crippen molar-refractivity contribution in [2.45, 2.75) is 13.5 Å². The smallest absolute Gasteiger partial charge is 0.0363 e. The lowest BCUT2D eigenvalue weighted by molar-refractivity contribution is 1.08. The van der Waals surface area contributed by atoms with Gasteiger partial charge >= 0.3 is 0 Å². The first-order chi connectivity index (χ1) is 6.31. The number of aryl methyl sites for hydroxylation is 1. The fourth-order valence-corrected chi connectivity index (χ4v) is 2.29. The molecule has 68 valence electrons. The molecule has 2 rings (SSSR count). The van der Waals surface area contributed by atoms with Crippen LogP contribution in [0.25, 0.3) is 10.4 Å². The summed E-state index contributed by atoms with van der Waals surface area (Å²) >= 11 is 1.80. The van der Waals surface area contributed by atoms with E-state index in [1.807, 2.05) is 12.4 Å². The number of aromatic amines is 1. The number of aromatic nitrogens is 1. The normalized spacial score (nSPS) is 10.6. The molecule has 2 nitrogen and oxygen atoms in total. The van der Waals surface area contributed by atoms with Crippen molar-refractivity contribution in [1.29, 1.82) is 0 Å². The molecule has 2 aromatic heterocycles. The molecule has 0 aliphatic rings. The Morgan fingerprint density at radius 3 is 2.85 bits per heavy atom. The van der Waals surface area contributed by atoms with Crippen LogP contribution in [0, 0.1) is 6.92 Å². The predicted molar refractivity (Wildman–Crippen MR) is 56.7 cm³/mol. The number of H-pyrrole nitrogens is 1. The summed E-state index contributed by atoms with van der Waals surface area (Å²) in [5.41, 5.74) is 8.04. The van der Waals surface area contributed by atoms with Gasteiger partial charge in [-0.3, -0.25) is 0 Å². The molecule has 0 spiro atoms. The summed E-state index contributed by atoms with van der Waals surface area (Å²) in [5.74, 6) is 0. The van der Waals surface area contributed by atoms with Crippen molar-refractivity contribution in [2.24, 2.45) is 5.73 Å². The molecule has 0 atom stereocenters. The lowest BCUT2D eigenvalue weighted by atomic mass is 10.2. The Kier molecular flexibility index (Phi) is 2.20. The van der Waals surface area contributed by atoms with E-state index in [1.165, 1.54) is 20.9 Å². The summed E-state index contributed by atoms with van der Waals surface area (Å²) in [6.45, 7) is 2.71. The monoisotopic (exact) mass is 192 g/mol. The molecule has 0 aliphatic heterocycles. The molecule has 2 aromatic rings. The van der Waals surface area contributed by atoms with Crippen LogP contribution in [-0.2, 0) is 6.54 Å². The molecule has 0 saturated carbocycles. The highest BCUT2D eigenvalue weighted by atomic mass is 32.1. The van der Waals surface area contributed by atoms with Gasteiger partial charge in [0.1, 0.15) is 0 Å². The van der Waals surface area contributed by atoms with Crippen molar-refractivity contribution in [2.75, 3.05) is 0 Å². The van der Waals surface area contributed by atoms with Gasteiger partial charge in [0.2, 0.25) is 0 Å². The summed E-state index contributed by atoms with van der Waals surface area (Å²) < 4.78 is 0. The van der Waals surface area contributed by atoms with E-state index in [0.29, 0.717) is 6.54 Å². The maximum absolute atomic E-state index is 5.62. The zero-order chi connectivity index (χ0) is 9.26. The lowest BCUT2D eigenvalue weighted by Gasteiger charge is -1.96. The van der Waals surface area contributed by atoms with Crippen LogP contribution >= 0.6 is 11.3 Å². The first-order valence-electron chi connectivity index (χ1n) is 4.24. The maximum atomic E-state index is 5.62. The average molecular weight is 192 g/mol. The van der Waals surface area contributed by atoms with Gasteiger partial charge in [0.15, 0.2) is 0 Å². The van der Waals surface area contributed by atoms with Crippen LogP contribution in [0.4, 0.5) is 0 Å². The standard InChI is InChI=1S/C10H12N2S/c1-7-2-3-10(13-7)9-6-12-5-8(9)4-11/h2-3,5-6,12H,4,11H2,1H3. The van der Waals surface area contributed by atoms with Crippen LogP contribution in [0.5, 0.6) is 0 Å². The molecule has 3 heteroatoms. The van der Waals surface area contributed by atoms with Gasteiger partial charge in [0.05, 0.1) is 0 Å². The molecular formula is C10H12N2S. The summed E-state index contributed by atoms with van der Waals surface area (Å²) in [4.78, 5) is 5.71. The van der Waals surface area contributed by atoms with E-state index in [2.05, 4.69) is 24.0 Å². The van der Waals surface area contributed by atoms with E-state index in [9.17, 15) is 0 Å². The number of nitrogens with one attached hydrogen (secondary N) is 1. The fourth-order valence-electron chi connectivity index (χ4n) is 1.37. The van der Waals surface area contributed by atoms with Crippen LogP contribution in [0.2, 0.25) is 0 Å². The largest absolute Gasteiger partial charge is 0.367 e. The molecule has 0 amide bonds. The second-order valence-electron chi connectivity index (χ2n) is 3.01. The maximum Gasteiger partial charge on any atom is 0.0363 e. The molecule has 13 heavy (non-hydrogen) atoms. The van der Waals surface area contributed by atoms with Gasteiger partial charge in [-0.2, -0.15) is 0 Å². The SMILES string of the molecule is Cc1ccc(-c2c[nH]cc2CN)s1. The Balaban J connectivity index is 2.45. The van der Waals surface area contributed by atoms with Crippen molar-refractivity contribution >= 4 is 11.3 Å². The Labute approximate surface area is 81.4 Å². The summed E-state index contributed by atoms with van der Waals surface area (Å²) in [6.07, 6.45) is 3.97. The molecule has 0 aliphatic carbocycles. The second kappa shape index (κ2) is 3.36. The van der Waals surface area contributed by atoms with Crippen molar-refractivity contribution in [3.63, 3.8) is 0 Å². The quantitative estimate of drug-likeness (QED) is 0.754. The molecule has 0 unspecified atom stereocenters. The van der Waals surface area contributed by atoms with E-state index in [0.717, 1.165) is 0 Å². The third kappa shape index (κ3) is 1.53. The molecule has 0 radical (unpaired) electrons. The van der Waals surface area contributed by atoms with E-state index >= 15 is 0 Å². The van der Waals surface area contributed by atoms with Gasteiger partial charge in [-0.25, -0.2) is 0 Å². The van der Waals surface area contributed by atoms with Gasteiger partial charge < -0.3 is 10.7 Å². The molecule has 0 aromatic carbocycles.